The van der Waals surface area contributed by atoms with Crippen molar-refractivity contribution < 1.29 is 14.6 Å². The Morgan fingerprint density at radius 2 is 1.73 bits per heavy atom. The Morgan fingerprint density at radius 1 is 1.08 bits per heavy atom. The third kappa shape index (κ3) is 5.88. The number of hydrogen-bond donors (Lipinski definition) is 1. The molecule has 0 aromatic heterocycles. The summed E-state index contributed by atoms with van der Waals surface area (Å²) in [6, 6.07) is 18.6. The largest absolute Gasteiger partial charge is 0.489 e. The van der Waals surface area contributed by atoms with E-state index in [2.05, 4.69) is 36.4 Å². The summed E-state index contributed by atoms with van der Waals surface area (Å²) in [6.07, 6.45) is 1.98. The standard InChI is InChI=1S/C20H23NO3.C2H6/c22-13-11-20(23)21-12-10-19(15-21)24-18-8-6-17(7-9-18)14-16-4-2-1-3-5-16;1-2/h1-9,19,22H,10-15H2;1-2H3. The average molecular weight is 355 g/mol. The lowest BCUT2D eigenvalue weighted by atomic mass is 10.1. The van der Waals surface area contributed by atoms with Gasteiger partial charge in [0.25, 0.3) is 0 Å². The van der Waals surface area contributed by atoms with Gasteiger partial charge in [0, 0.05) is 19.4 Å². The Morgan fingerprint density at radius 3 is 2.38 bits per heavy atom. The molecule has 1 N–H and O–H groups in total. The van der Waals surface area contributed by atoms with Crippen LogP contribution in [0.5, 0.6) is 5.75 Å². The molecule has 3 rings (SSSR count). The van der Waals surface area contributed by atoms with Crippen LogP contribution in [-0.4, -0.2) is 41.7 Å². The van der Waals surface area contributed by atoms with Gasteiger partial charge in [0.05, 0.1) is 13.2 Å². The summed E-state index contributed by atoms with van der Waals surface area (Å²) in [4.78, 5) is 13.5. The van der Waals surface area contributed by atoms with Gasteiger partial charge in [-0.05, 0) is 29.7 Å². The number of aliphatic hydroxyl groups excluding tert-OH is 1. The number of carbonyl (C=O) groups excluding carboxylic acids is 1. The monoisotopic (exact) mass is 355 g/mol. The van der Waals surface area contributed by atoms with E-state index in [1.807, 2.05) is 32.0 Å². The van der Waals surface area contributed by atoms with Gasteiger partial charge in [-0.3, -0.25) is 4.79 Å². The zero-order valence-corrected chi connectivity index (χ0v) is 15.7. The van der Waals surface area contributed by atoms with Crippen molar-refractivity contribution in [3.8, 4) is 5.75 Å². The molecule has 1 unspecified atom stereocenters. The van der Waals surface area contributed by atoms with Crippen LogP contribution >= 0.6 is 0 Å². The highest BCUT2D eigenvalue weighted by Crippen LogP contribution is 2.20. The molecule has 0 spiro atoms. The van der Waals surface area contributed by atoms with Crippen LogP contribution in [0.2, 0.25) is 0 Å². The van der Waals surface area contributed by atoms with Crippen LogP contribution in [0.15, 0.2) is 54.6 Å². The maximum absolute atomic E-state index is 11.8. The van der Waals surface area contributed by atoms with Gasteiger partial charge in [-0.25, -0.2) is 0 Å². The van der Waals surface area contributed by atoms with Gasteiger partial charge in [-0.1, -0.05) is 56.3 Å². The number of nitrogens with zero attached hydrogens (tertiary/aromatic N) is 1. The summed E-state index contributed by atoms with van der Waals surface area (Å²) in [6.45, 7) is 5.21. The first kappa shape index (κ1) is 20.0. The minimum absolute atomic E-state index is 0.00168. The van der Waals surface area contributed by atoms with Gasteiger partial charge in [0.15, 0.2) is 0 Å². The van der Waals surface area contributed by atoms with Crippen molar-refractivity contribution in [2.45, 2.75) is 39.2 Å². The molecule has 2 aromatic rings. The maximum atomic E-state index is 11.8. The fraction of sp³-hybridized carbons (Fsp3) is 0.409. The van der Waals surface area contributed by atoms with Gasteiger partial charge >= 0.3 is 0 Å². The van der Waals surface area contributed by atoms with Gasteiger partial charge in [0.2, 0.25) is 5.91 Å². The van der Waals surface area contributed by atoms with Gasteiger partial charge in [-0.15, -0.1) is 0 Å². The molecular weight excluding hydrogens is 326 g/mol. The second-order valence-corrected chi connectivity index (χ2v) is 6.15. The molecule has 1 aliphatic heterocycles. The number of rotatable bonds is 6. The van der Waals surface area contributed by atoms with Crippen molar-refractivity contribution in [2.24, 2.45) is 0 Å². The molecule has 140 valence electrons. The highest BCUT2D eigenvalue weighted by atomic mass is 16.5. The van der Waals surface area contributed by atoms with Crippen molar-refractivity contribution in [1.29, 1.82) is 0 Å². The van der Waals surface area contributed by atoms with E-state index in [-0.39, 0.29) is 25.0 Å². The first-order valence-electron chi connectivity index (χ1n) is 9.43. The van der Waals surface area contributed by atoms with Gasteiger partial charge in [0.1, 0.15) is 11.9 Å². The first-order chi connectivity index (χ1) is 12.7. The summed E-state index contributed by atoms with van der Waals surface area (Å²) < 4.78 is 5.98. The van der Waals surface area contributed by atoms with E-state index < -0.39 is 0 Å². The predicted octanol–water partition coefficient (Wildman–Crippen LogP) is 3.67. The molecule has 1 heterocycles. The van der Waals surface area contributed by atoms with Crippen LogP contribution in [-0.2, 0) is 11.2 Å². The van der Waals surface area contributed by atoms with E-state index in [4.69, 9.17) is 9.84 Å². The molecule has 2 aromatic carbocycles. The molecule has 26 heavy (non-hydrogen) atoms. The molecule has 0 saturated carbocycles. The number of ether oxygens (including phenoxy) is 1. The zero-order chi connectivity index (χ0) is 18.8. The number of amides is 1. The Bertz CT molecular complexity index is 655. The van der Waals surface area contributed by atoms with E-state index in [0.29, 0.717) is 13.1 Å². The van der Waals surface area contributed by atoms with Crippen LogP contribution in [0, 0.1) is 0 Å². The van der Waals surface area contributed by atoms with Crippen molar-refractivity contribution >= 4 is 5.91 Å². The number of benzene rings is 2. The van der Waals surface area contributed by atoms with Gasteiger partial charge < -0.3 is 14.7 Å². The lowest BCUT2D eigenvalue weighted by molar-refractivity contribution is -0.131. The summed E-state index contributed by atoms with van der Waals surface area (Å²) in [5, 5.41) is 8.85. The minimum atomic E-state index is -0.0935. The van der Waals surface area contributed by atoms with Crippen LogP contribution in [0.3, 0.4) is 0 Å². The van der Waals surface area contributed by atoms with Gasteiger partial charge in [-0.2, -0.15) is 0 Å². The Hall–Kier alpha value is -2.33. The highest BCUT2D eigenvalue weighted by Gasteiger charge is 2.27. The highest BCUT2D eigenvalue weighted by molar-refractivity contribution is 5.76. The normalized spacial score (nSPS) is 16.0. The Labute approximate surface area is 156 Å². The minimum Gasteiger partial charge on any atom is -0.489 e. The smallest absolute Gasteiger partial charge is 0.225 e. The van der Waals surface area contributed by atoms with Crippen molar-refractivity contribution in [1.82, 2.24) is 4.90 Å². The second kappa shape index (κ2) is 10.6. The molecule has 0 radical (unpaired) electrons. The zero-order valence-electron chi connectivity index (χ0n) is 15.7. The SMILES string of the molecule is CC.O=C(CCO)N1CCC(Oc2ccc(Cc3ccccc3)cc2)C1. The summed E-state index contributed by atoms with van der Waals surface area (Å²) in [5.74, 6) is 0.843. The van der Waals surface area contributed by atoms with Crippen LogP contribution < -0.4 is 4.74 Å². The lowest BCUT2D eigenvalue weighted by Gasteiger charge is -2.17. The van der Waals surface area contributed by atoms with E-state index in [1.165, 1.54) is 11.1 Å². The fourth-order valence-corrected chi connectivity index (χ4v) is 3.01. The lowest BCUT2D eigenvalue weighted by Crippen LogP contribution is -2.31. The molecule has 1 fully saturated rings. The topological polar surface area (TPSA) is 49.8 Å². The third-order valence-electron chi connectivity index (χ3n) is 4.30. The Kier molecular flexibility index (Phi) is 8.16. The fourth-order valence-electron chi connectivity index (χ4n) is 3.01. The second-order valence-electron chi connectivity index (χ2n) is 6.15. The quantitative estimate of drug-likeness (QED) is 0.860. The third-order valence-corrected chi connectivity index (χ3v) is 4.30. The Balaban J connectivity index is 0.00000117. The molecule has 1 saturated heterocycles. The molecular formula is C22H29NO3. The van der Waals surface area contributed by atoms with Crippen LogP contribution in [0.4, 0.5) is 0 Å². The molecule has 1 amide bonds. The number of carbonyl (C=O) groups is 1. The molecule has 1 aliphatic rings. The number of likely N-dealkylation sites (tertiary alicyclic amines) is 1. The molecule has 1 atom stereocenters. The van der Waals surface area contributed by atoms with E-state index in [9.17, 15) is 4.79 Å². The van der Waals surface area contributed by atoms with E-state index in [0.717, 1.165) is 18.6 Å². The van der Waals surface area contributed by atoms with Crippen molar-refractivity contribution in [3.05, 3.63) is 65.7 Å². The molecule has 4 heteroatoms. The molecule has 0 aliphatic carbocycles. The van der Waals surface area contributed by atoms with Crippen LogP contribution in [0.1, 0.15) is 37.8 Å². The van der Waals surface area contributed by atoms with E-state index in [1.54, 1.807) is 4.90 Å². The predicted molar refractivity (Wildman–Crippen MR) is 104 cm³/mol. The first-order valence-corrected chi connectivity index (χ1v) is 9.43. The summed E-state index contributed by atoms with van der Waals surface area (Å²) in [7, 11) is 0. The molecule has 4 nitrogen and oxygen atoms in total. The van der Waals surface area contributed by atoms with E-state index >= 15 is 0 Å². The van der Waals surface area contributed by atoms with Crippen LogP contribution in [0.25, 0.3) is 0 Å². The summed E-state index contributed by atoms with van der Waals surface area (Å²) >= 11 is 0. The molecule has 0 bridgehead atoms. The number of hydrogen-bond acceptors (Lipinski definition) is 3. The maximum Gasteiger partial charge on any atom is 0.225 e. The van der Waals surface area contributed by atoms with Crippen molar-refractivity contribution in [2.75, 3.05) is 19.7 Å². The van der Waals surface area contributed by atoms with Crippen molar-refractivity contribution in [3.63, 3.8) is 0 Å². The average Bonchev–Trinajstić information content (AvgIpc) is 3.15. The summed E-state index contributed by atoms with van der Waals surface area (Å²) in [5.41, 5.74) is 2.54. The number of aliphatic hydroxyl groups is 1.